The quantitative estimate of drug-likeness (QED) is 0.350. The number of imidazole rings is 1. The molecular weight excluding hydrogens is 379 g/mol. The van der Waals surface area contributed by atoms with Crippen molar-refractivity contribution in [2.24, 2.45) is 0 Å². The number of nitrogens with zero attached hydrogens (tertiary/aromatic N) is 2. The van der Waals surface area contributed by atoms with Gasteiger partial charge < -0.3 is 4.42 Å². The van der Waals surface area contributed by atoms with Gasteiger partial charge in [-0.1, -0.05) is 46.7 Å². The van der Waals surface area contributed by atoms with Crippen molar-refractivity contribution in [2.75, 3.05) is 0 Å². The van der Waals surface area contributed by atoms with Gasteiger partial charge in [-0.25, -0.2) is 9.78 Å². The lowest BCUT2D eigenvalue weighted by Crippen LogP contribution is -2.03. The van der Waals surface area contributed by atoms with Crippen LogP contribution in [0.15, 0.2) is 57.9 Å². The molecule has 0 saturated heterocycles. The van der Waals surface area contributed by atoms with Crippen LogP contribution >= 0.6 is 34.5 Å². The molecule has 0 saturated carbocycles. The average molecular weight is 387 g/mol. The van der Waals surface area contributed by atoms with E-state index in [1.165, 1.54) is 0 Å². The number of rotatable bonds is 1. The molecule has 0 unspecified atom stereocenters. The second-order valence-electron chi connectivity index (χ2n) is 5.60. The molecule has 0 atom stereocenters. The summed E-state index contributed by atoms with van der Waals surface area (Å²) < 4.78 is 8.52. The van der Waals surface area contributed by atoms with Gasteiger partial charge in [0, 0.05) is 16.6 Å². The Morgan fingerprint density at radius 2 is 1.96 bits per heavy atom. The third-order valence-electron chi connectivity index (χ3n) is 4.03. The molecular formula is C18H8Cl2N2O2S. The summed E-state index contributed by atoms with van der Waals surface area (Å²) in [5, 5.41) is 1.45. The van der Waals surface area contributed by atoms with Crippen molar-refractivity contribution in [3.8, 4) is 11.3 Å². The summed E-state index contributed by atoms with van der Waals surface area (Å²) in [4.78, 5) is 17.8. The molecule has 0 aliphatic rings. The SMILES string of the molecule is O=c1oc2c(Cl)cc(Cl)cc2cc1-c1cn2c(n1)sc1ccccc12. The zero-order chi connectivity index (χ0) is 17.1. The summed E-state index contributed by atoms with van der Waals surface area (Å²) in [5.41, 5.74) is 1.84. The monoisotopic (exact) mass is 386 g/mol. The van der Waals surface area contributed by atoms with Gasteiger partial charge in [-0.3, -0.25) is 4.40 Å². The highest BCUT2D eigenvalue weighted by Crippen LogP contribution is 2.31. The van der Waals surface area contributed by atoms with E-state index in [9.17, 15) is 4.79 Å². The smallest absolute Gasteiger partial charge is 0.345 e. The summed E-state index contributed by atoms with van der Waals surface area (Å²) in [7, 11) is 0. The van der Waals surface area contributed by atoms with E-state index in [2.05, 4.69) is 4.98 Å². The summed E-state index contributed by atoms with van der Waals surface area (Å²) >= 11 is 13.7. The molecule has 0 aliphatic heterocycles. The minimum Gasteiger partial charge on any atom is -0.421 e. The number of hydrogen-bond acceptors (Lipinski definition) is 4. The zero-order valence-corrected chi connectivity index (χ0v) is 14.8. The van der Waals surface area contributed by atoms with E-state index in [1.807, 2.05) is 34.9 Å². The van der Waals surface area contributed by atoms with Crippen molar-refractivity contribution in [2.45, 2.75) is 0 Å². The Balaban J connectivity index is 1.78. The lowest BCUT2D eigenvalue weighted by atomic mass is 10.1. The minimum absolute atomic E-state index is 0.308. The molecule has 122 valence electrons. The first-order valence-electron chi connectivity index (χ1n) is 7.40. The number of hydrogen-bond donors (Lipinski definition) is 0. The number of aromatic nitrogens is 2. The lowest BCUT2D eigenvalue weighted by Gasteiger charge is -2.02. The number of halogens is 2. The number of para-hydroxylation sites is 1. The van der Waals surface area contributed by atoms with Crippen LogP contribution in [-0.4, -0.2) is 9.38 Å². The van der Waals surface area contributed by atoms with E-state index in [4.69, 9.17) is 27.6 Å². The van der Waals surface area contributed by atoms with Gasteiger partial charge in [-0.05, 0) is 30.3 Å². The molecule has 3 aromatic heterocycles. The van der Waals surface area contributed by atoms with Crippen LogP contribution < -0.4 is 5.63 Å². The highest BCUT2D eigenvalue weighted by atomic mass is 35.5. The van der Waals surface area contributed by atoms with E-state index in [-0.39, 0.29) is 0 Å². The Kier molecular flexibility index (Phi) is 3.19. The van der Waals surface area contributed by atoms with Crippen LogP contribution in [0.3, 0.4) is 0 Å². The summed E-state index contributed by atoms with van der Waals surface area (Å²) in [6, 6.07) is 13.0. The van der Waals surface area contributed by atoms with Crippen LogP contribution in [0.5, 0.6) is 0 Å². The molecule has 0 amide bonds. The van der Waals surface area contributed by atoms with E-state index in [1.54, 1.807) is 29.5 Å². The minimum atomic E-state index is -0.480. The third-order valence-corrected chi connectivity index (χ3v) is 5.56. The van der Waals surface area contributed by atoms with Crippen molar-refractivity contribution in [1.29, 1.82) is 0 Å². The Labute approximate surface area is 154 Å². The molecule has 0 radical (unpaired) electrons. The maximum absolute atomic E-state index is 12.4. The summed E-state index contributed by atoms with van der Waals surface area (Å²) in [6.45, 7) is 0. The van der Waals surface area contributed by atoms with E-state index in [0.717, 1.165) is 15.2 Å². The van der Waals surface area contributed by atoms with E-state index >= 15 is 0 Å². The summed E-state index contributed by atoms with van der Waals surface area (Å²) in [5.74, 6) is 0. The lowest BCUT2D eigenvalue weighted by molar-refractivity contribution is 0.563. The van der Waals surface area contributed by atoms with Gasteiger partial charge in [0.15, 0.2) is 10.5 Å². The van der Waals surface area contributed by atoms with E-state index < -0.39 is 5.63 Å². The molecule has 5 rings (SSSR count). The normalized spacial score (nSPS) is 11.8. The fourth-order valence-electron chi connectivity index (χ4n) is 2.91. The molecule has 5 aromatic rings. The van der Waals surface area contributed by atoms with Crippen molar-refractivity contribution in [1.82, 2.24) is 9.38 Å². The molecule has 7 heteroatoms. The fraction of sp³-hybridized carbons (Fsp3) is 0. The van der Waals surface area contributed by atoms with Gasteiger partial charge in [0.05, 0.1) is 26.5 Å². The predicted molar refractivity (Wildman–Crippen MR) is 102 cm³/mol. The van der Waals surface area contributed by atoms with Crippen molar-refractivity contribution < 1.29 is 4.42 Å². The third kappa shape index (κ3) is 2.28. The molecule has 0 spiro atoms. The standard InChI is InChI=1S/C18H8Cl2N2O2S/c19-10-5-9-6-11(17(23)24-16(9)12(20)7-10)13-8-22-14-3-1-2-4-15(14)25-18(22)21-13/h1-8H. The molecule has 0 aliphatic carbocycles. The first kappa shape index (κ1) is 15.0. The first-order valence-corrected chi connectivity index (χ1v) is 8.97. The number of thiazole rings is 1. The van der Waals surface area contributed by atoms with Crippen LogP contribution in [0.4, 0.5) is 0 Å². The Morgan fingerprint density at radius 3 is 2.84 bits per heavy atom. The van der Waals surface area contributed by atoms with Crippen molar-refractivity contribution in [3.63, 3.8) is 0 Å². The number of fused-ring (bicyclic) bond motifs is 4. The van der Waals surface area contributed by atoms with Gasteiger partial charge in [0.1, 0.15) is 0 Å². The van der Waals surface area contributed by atoms with Gasteiger partial charge in [-0.2, -0.15) is 0 Å². The fourth-order valence-corrected chi connectivity index (χ4v) is 4.47. The molecule has 3 heterocycles. The van der Waals surface area contributed by atoms with Crippen molar-refractivity contribution in [3.05, 3.63) is 69.1 Å². The van der Waals surface area contributed by atoms with Gasteiger partial charge in [0.2, 0.25) is 0 Å². The highest BCUT2D eigenvalue weighted by molar-refractivity contribution is 7.23. The summed E-state index contributed by atoms with van der Waals surface area (Å²) in [6.07, 6.45) is 1.85. The van der Waals surface area contributed by atoms with Gasteiger partial charge >= 0.3 is 5.63 Å². The van der Waals surface area contributed by atoms with Crippen LogP contribution in [0.2, 0.25) is 10.0 Å². The molecule has 2 aromatic carbocycles. The molecule has 25 heavy (non-hydrogen) atoms. The Bertz CT molecular complexity index is 1350. The topological polar surface area (TPSA) is 47.5 Å². The average Bonchev–Trinajstić information content (AvgIpc) is 3.13. The van der Waals surface area contributed by atoms with Crippen LogP contribution in [0, 0.1) is 0 Å². The number of benzene rings is 2. The second kappa shape index (κ2) is 5.33. The molecule has 4 nitrogen and oxygen atoms in total. The molecule has 0 N–H and O–H groups in total. The maximum atomic E-state index is 12.4. The van der Waals surface area contributed by atoms with Crippen LogP contribution in [0.1, 0.15) is 0 Å². The zero-order valence-electron chi connectivity index (χ0n) is 12.5. The first-order chi connectivity index (χ1) is 12.1. The molecule has 0 bridgehead atoms. The van der Waals surface area contributed by atoms with Crippen molar-refractivity contribution >= 4 is 60.7 Å². The van der Waals surface area contributed by atoms with Crippen LogP contribution in [0.25, 0.3) is 37.4 Å². The Morgan fingerprint density at radius 1 is 1.12 bits per heavy atom. The molecule has 0 fully saturated rings. The van der Waals surface area contributed by atoms with Gasteiger partial charge in [-0.15, -0.1) is 0 Å². The van der Waals surface area contributed by atoms with Crippen LogP contribution in [-0.2, 0) is 0 Å². The second-order valence-corrected chi connectivity index (χ2v) is 7.45. The Hall–Kier alpha value is -2.34. The highest BCUT2D eigenvalue weighted by Gasteiger charge is 2.15. The largest absolute Gasteiger partial charge is 0.421 e. The van der Waals surface area contributed by atoms with E-state index in [0.29, 0.717) is 32.3 Å². The maximum Gasteiger partial charge on any atom is 0.345 e. The van der Waals surface area contributed by atoms with Gasteiger partial charge in [0.25, 0.3) is 0 Å². The predicted octanol–water partition coefficient (Wildman–Crippen LogP) is 5.63.